The Labute approximate surface area is 202 Å². The molecule has 0 fully saturated rings. The van der Waals surface area contributed by atoms with Crippen molar-refractivity contribution in [1.82, 2.24) is 15.0 Å². The van der Waals surface area contributed by atoms with Crippen LogP contribution in [-0.2, 0) is 6.42 Å². The Kier molecular flexibility index (Phi) is 18.2. The van der Waals surface area contributed by atoms with E-state index < -0.39 is 0 Å². The van der Waals surface area contributed by atoms with Crippen molar-refractivity contribution >= 4 is 0 Å². The number of rotatable bonds is 23. The number of aromatic nitrogens is 3. The van der Waals surface area contributed by atoms with Gasteiger partial charge in [0, 0.05) is 12.5 Å². The molecule has 1 unspecified atom stereocenters. The van der Waals surface area contributed by atoms with E-state index in [4.69, 9.17) is 15.2 Å². The van der Waals surface area contributed by atoms with Gasteiger partial charge in [-0.3, -0.25) is 0 Å². The first kappa shape index (κ1) is 29.1. The molecule has 1 aromatic heterocycles. The largest absolute Gasteiger partial charge is 0.459 e. The second-order valence-corrected chi connectivity index (χ2v) is 8.85. The lowest BCUT2D eigenvalue weighted by molar-refractivity contribution is 0.294. The van der Waals surface area contributed by atoms with E-state index in [1.807, 2.05) is 0 Å². The van der Waals surface area contributed by atoms with Crippen LogP contribution < -0.4 is 15.2 Å². The first-order valence-corrected chi connectivity index (χ1v) is 13.2. The summed E-state index contributed by atoms with van der Waals surface area (Å²) in [6.07, 6.45) is 23.3. The van der Waals surface area contributed by atoms with Gasteiger partial charge in [-0.25, -0.2) is 0 Å². The van der Waals surface area contributed by atoms with Crippen molar-refractivity contribution in [2.75, 3.05) is 13.2 Å². The van der Waals surface area contributed by atoms with Crippen LogP contribution in [-0.4, -0.2) is 34.2 Å². The molecule has 0 spiro atoms. The van der Waals surface area contributed by atoms with Crippen LogP contribution in [0.25, 0.3) is 0 Å². The quantitative estimate of drug-likeness (QED) is 0.144. The molecule has 0 aliphatic rings. The normalized spacial score (nSPS) is 11.8. The van der Waals surface area contributed by atoms with Crippen molar-refractivity contribution in [3.8, 4) is 12.0 Å². The third-order valence-electron chi connectivity index (χ3n) is 5.71. The maximum Gasteiger partial charge on any atom is 0.323 e. The first-order valence-electron chi connectivity index (χ1n) is 13.2. The molecule has 0 amide bonds. The van der Waals surface area contributed by atoms with Crippen molar-refractivity contribution in [3.05, 3.63) is 31.1 Å². The molecule has 0 aliphatic carbocycles. The molecular weight excluding hydrogens is 412 g/mol. The van der Waals surface area contributed by atoms with E-state index in [1.54, 1.807) is 12.2 Å². The number of aryl methyl sites for hydroxylation is 1. The van der Waals surface area contributed by atoms with Gasteiger partial charge in [-0.2, -0.15) is 9.97 Å². The number of unbranched alkanes of at least 4 members (excludes halogenated alkanes) is 11. The van der Waals surface area contributed by atoms with Crippen LogP contribution in [0.1, 0.15) is 109 Å². The Morgan fingerprint density at radius 1 is 0.697 bits per heavy atom. The third kappa shape index (κ3) is 16.3. The number of hydrogen-bond donors (Lipinski definition) is 1. The van der Waals surface area contributed by atoms with Crippen molar-refractivity contribution < 1.29 is 9.47 Å². The van der Waals surface area contributed by atoms with E-state index in [-0.39, 0.29) is 12.0 Å². The van der Waals surface area contributed by atoms with E-state index in [1.165, 1.54) is 64.2 Å². The molecule has 0 aromatic carbocycles. The Bertz CT molecular complexity index is 594. The first-order chi connectivity index (χ1) is 16.2. The fraction of sp³-hybridized carbons (Fsp3) is 0.741. The van der Waals surface area contributed by atoms with Crippen molar-refractivity contribution in [1.29, 1.82) is 0 Å². The van der Waals surface area contributed by atoms with Gasteiger partial charge in [-0.1, -0.05) is 109 Å². The minimum atomic E-state index is 0.275. The molecular formula is C27H48N4O2. The fourth-order valence-corrected chi connectivity index (χ4v) is 3.79. The maximum atomic E-state index is 6.33. The summed E-state index contributed by atoms with van der Waals surface area (Å²) in [5, 5.41) is 0. The molecule has 1 heterocycles. The van der Waals surface area contributed by atoms with Gasteiger partial charge in [-0.15, -0.1) is 4.98 Å². The molecule has 0 saturated heterocycles. The SMILES string of the molecule is C=CCOc1nc(CCCCCC(N)CCCCCCCCCCCC)nc(OCC=C)n1. The lowest BCUT2D eigenvalue weighted by Gasteiger charge is -2.11. The average Bonchev–Trinajstić information content (AvgIpc) is 2.82. The number of nitrogens with zero attached hydrogens (tertiary/aromatic N) is 3. The molecule has 0 saturated carbocycles. The number of ether oxygens (including phenoxy) is 2. The fourth-order valence-electron chi connectivity index (χ4n) is 3.79. The van der Waals surface area contributed by atoms with Gasteiger partial charge >= 0.3 is 12.0 Å². The third-order valence-corrected chi connectivity index (χ3v) is 5.71. The minimum absolute atomic E-state index is 0.275. The van der Waals surface area contributed by atoms with Gasteiger partial charge in [0.15, 0.2) is 0 Å². The number of hydrogen-bond acceptors (Lipinski definition) is 6. The van der Waals surface area contributed by atoms with Crippen molar-refractivity contribution in [2.24, 2.45) is 5.73 Å². The van der Waals surface area contributed by atoms with Gasteiger partial charge in [0.25, 0.3) is 0 Å². The molecule has 33 heavy (non-hydrogen) atoms. The predicted molar refractivity (Wildman–Crippen MR) is 138 cm³/mol. The zero-order chi connectivity index (χ0) is 24.0. The summed E-state index contributed by atoms with van der Waals surface area (Å²) in [5.74, 6) is 0.692. The average molecular weight is 461 g/mol. The van der Waals surface area contributed by atoms with Crippen LogP contribution in [0.15, 0.2) is 25.3 Å². The Morgan fingerprint density at radius 2 is 1.15 bits per heavy atom. The van der Waals surface area contributed by atoms with Crippen LogP contribution >= 0.6 is 0 Å². The summed E-state index contributed by atoms with van der Waals surface area (Å²) >= 11 is 0. The summed E-state index contributed by atoms with van der Waals surface area (Å²) in [6, 6.07) is 0.879. The molecule has 6 heteroatoms. The molecule has 1 atom stereocenters. The molecule has 0 bridgehead atoms. The highest BCUT2D eigenvalue weighted by Gasteiger charge is 2.09. The highest BCUT2D eigenvalue weighted by Crippen LogP contribution is 2.15. The highest BCUT2D eigenvalue weighted by atomic mass is 16.5. The summed E-state index contributed by atoms with van der Waals surface area (Å²) in [5.41, 5.74) is 6.33. The standard InChI is InChI=1S/C27H48N4O2/c1-4-7-8-9-10-11-12-13-14-16-19-24(28)20-17-15-18-21-25-29-26(32-22-5-2)31-27(30-25)33-23-6-3/h5-6,24H,2-4,7-23,28H2,1H3. The molecule has 188 valence electrons. The second kappa shape index (κ2) is 20.6. The van der Waals surface area contributed by atoms with Gasteiger partial charge in [-0.05, 0) is 19.3 Å². The maximum absolute atomic E-state index is 6.33. The van der Waals surface area contributed by atoms with E-state index in [2.05, 4.69) is 35.0 Å². The van der Waals surface area contributed by atoms with Crippen molar-refractivity contribution in [3.63, 3.8) is 0 Å². The summed E-state index contributed by atoms with van der Waals surface area (Å²) in [6.45, 7) is 10.3. The van der Waals surface area contributed by atoms with Crippen LogP contribution in [0.2, 0.25) is 0 Å². The van der Waals surface area contributed by atoms with Gasteiger partial charge in [0.2, 0.25) is 0 Å². The Morgan fingerprint density at radius 3 is 1.64 bits per heavy atom. The predicted octanol–water partition coefficient (Wildman–Crippen LogP) is 6.74. The van der Waals surface area contributed by atoms with Crippen molar-refractivity contribution in [2.45, 2.75) is 116 Å². The Balaban J connectivity index is 2.12. The topological polar surface area (TPSA) is 83.2 Å². The smallest absolute Gasteiger partial charge is 0.323 e. The lowest BCUT2D eigenvalue weighted by Crippen LogP contribution is -2.19. The van der Waals surface area contributed by atoms with E-state index in [0.29, 0.717) is 25.1 Å². The summed E-state index contributed by atoms with van der Waals surface area (Å²) < 4.78 is 10.9. The molecule has 0 radical (unpaired) electrons. The highest BCUT2D eigenvalue weighted by molar-refractivity contribution is 5.06. The molecule has 6 nitrogen and oxygen atoms in total. The van der Waals surface area contributed by atoms with Gasteiger partial charge in [0.1, 0.15) is 19.0 Å². The van der Waals surface area contributed by atoms with E-state index in [9.17, 15) is 0 Å². The summed E-state index contributed by atoms with van der Waals surface area (Å²) in [4.78, 5) is 12.9. The lowest BCUT2D eigenvalue weighted by atomic mass is 10.0. The van der Waals surface area contributed by atoms with E-state index in [0.717, 1.165) is 38.5 Å². The van der Waals surface area contributed by atoms with Crippen LogP contribution in [0.3, 0.4) is 0 Å². The van der Waals surface area contributed by atoms with Gasteiger partial charge in [0.05, 0.1) is 0 Å². The number of nitrogens with two attached hydrogens (primary N) is 1. The monoisotopic (exact) mass is 460 g/mol. The van der Waals surface area contributed by atoms with Crippen LogP contribution in [0.5, 0.6) is 12.0 Å². The van der Waals surface area contributed by atoms with E-state index >= 15 is 0 Å². The van der Waals surface area contributed by atoms with Crippen LogP contribution in [0.4, 0.5) is 0 Å². The Hall–Kier alpha value is -1.95. The zero-order valence-corrected chi connectivity index (χ0v) is 21.1. The molecule has 1 aromatic rings. The molecule has 0 aliphatic heterocycles. The minimum Gasteiger partial charge on any atom is -0.459 e. The van der Waals surface area contributed by atoms with Crippen LogP contribution in [0, 0.1) is 0 Å². The second-order valence-electron chi connectivity index (χ2n) is 8.85. The summed E-state index contributed by atoms with van der Waals surface area (Å²) in [7, 11) is 0. The van der Waals surface area contributed by atoms with Gasteiger partial charge < -0.3 is 15.2 Å². The molecule has 1 rings (SSSR count). The zero-order valence-electron chi connectivity index (χ0n) is 21.1. The molecule has 2 N–H and O–H groups in total.